The first kappa shape index (κ1) is 19.2. The van der Waals surface area contributed by atoms with Crippen molar-refractivity contribution in [2.24, 2.45) is 35.5 Å². The van der Waals surface area contributed by atoms with Crippen LogP contribution in [0, 0.1) is 35.5 Å². The fourth-order valence-corrected chi connectivity index (χ4v) is 6.05. The lowest BCUT2D eigenvalue weighted by molar-refractivity contribution is -0.0456. The Morgan fingerprint density at radius 2 is 1.43 bits per heavy atom. The summed E-state index contributed by atoms with van der Waals surface area (Å²) in [6, 6.07) is 0. The summed E-state index contributed by atoms with van der Waals surface area (Å²) in [5.74, 6) is 2.77. The zero-order valence-corrected chi connectivity index (χ0v) is 15.9. The van der Waals surface area contributed by atoms with Crippen LogP contribution in [0.4, 0.5) is 0 Å². The zero-order chi connectivity index (χ0) is 17.0. The summed E-state index contributed by atoms with van der Waals surface area (Å²) in [6.45, 7) is 9.03. The second kappa shape index (κ2) is 8.85. The minimum atomic E-state index is -0.284. The molecular formula is C21H40O2. The Hall–Kier alpha value is -0.0800. The van der Waals surface area contributed by atoms with E-state index in [0.29, 0.717) is 29.6 Å². The molecule has 2 N–H and O–H groups in total. The third kappa shape index (κ3) is 3.95. The van der Waals surface area contributed by atoms with Crippen molar-refractivity contribution in [3.8, 4) is 0 Å². The van der Waals surface area contributed by atoms with Crippen molar-refractivity contribution in [1.82, 2.24) is 0 Å². The van der Waals surface area contributed by atoms with E-state index in [1.54, 1.807) is 0 Å². The molecule has 2 nitrogen and oxygen atoms in total. The van der Waals surface area contributed by atoms with Gasteiger partial charge in [-0.25, -0.2) is 0 Å². The van der Waals surface area contributed by atoms with Crippen molar-refractivity contribution >= 4 is 0 Å². The number of rotatable bonds is 7. The predicted molar refractivity (Wildman–Crippen MR) is 97.2 cm³/mol. The Morgan fingerprint density at radius 3 is 2.00 bits per heavy atom. The molecule has 2 rings (SSSR count). The second-order valence-corrected chi connectivity index (χ2v) is 8.35. The lowest BCUT2D eigenvalue weighted by Gasteiger charge is -2.35. The minimum Gasteiger partial charge on any atom is -0.392 e. The summed E-state index contributed by atoms with van der Waals surface area (Å²) in [7, 11) is 0. The standard InChI is InChI=1S/C21H40O2/c1-5-10-15(8-4)17-12-9-11-16-13-18(14(6-2)7-3)21(23)19(16)20(17)22/h14-23H,5-13H2,1-4H3/t15?,16?,17-,18+,19?,20?,21?/m1/s1. The summed E-state index contributed by atoms with van der Waals surface area (Å²) >= 11 is 0. The molecule has 2 saturated carbocycles. The van der Waals surface area contributed by atoms with Crippen LogP contribution >= 0.6 is 0 Å². The van der Waals surface area contributed by atoms with E-state index in [1.807, 2.05) is 0 Å². The zero-order valence-electron chi connectivity index (χ0n) is 15.9. The normalized spacial score (nSPS) is 39.3. The van der Waals surface area contributed by atoms with Gasteiger partial charge in [0.15, 0.2) is 0 Å². The summed E-state index contributed by atoms with van der Waals surface area (Å²) in [5, 5.41) is 22.3. The van der Waals surface area contributed by atoms with E-state index >= 15 is 0 Å². The average Bonchev–Trinajstić information content (AvgIpc) is 2.77. The van der Waals surface area contributed by atoms with Crippen LogP contribution in [0.25, 0.3) is 0 Å². The second-order valence-electron chi connectivity index (χ2n) is 8.35. The van der Waals surface area contributed by atoms with Crippen LogP contribution in [0.15, 0.2) is 0 Å². The highest BCUT2D eigenvalue weighted by Crippen LogP contribution is 2.50. The molecule has 5 unspecified atom stereocenters. The summed E-state index contributed by atoms with van der Waals surface area (Å²) < 4.78 is 0. The van der Waals surface area contributed by atoms with Crippen molar-refractivity contribution in [2.45, 2.75) is 97.7 Å². The Morgan fingerprint density at radius 1 is 0.826 bits per heavy atom. The van der Waals surface area contributed by atoms with Gasteiger partial charge in [-0.2, -0.15) is 0 Å². The molecule has 0 aromatic rings. The fourth-order valence-electron chi connectivity index (χ4n) is 6.05. The molecule has 0 bridgehead atoms. The van der Waals surface area contributed by atoms with Crippen LogP contribution in [0.5, 0.6) is 0 Å². The molecule has 136 valence electrons. The van der Waals surface area contributed by atoms with Crippen molar-refractivity contribution in [3.63, 3.8) is 0 Å². The molecule has 0 amide bonds. The van der Waals surface area contributed by atoms with E-state index in [4.69, 9.17) is 0 Å². The molecule has 0 aromatic carbocycles. The molecule has 23 heavy (non-hydrogen) atoms. The Labute approximate surface area is 144 Å². The van der Waals surface area contributed by atoms with E-state index in [2.05, 4.69) is 27.7 Å². The molecule has 0 heterocycles. The van der Waals surface area contributed by atoms with Gasteiger partial charge in [0.1, 0.15) is 0 Å². The monoisotopic (exact) mass is 324 g/mol. The average molecular weight is 325 g/mol. The first-order chi connectivity index (χ1) is 11.1. The van der Waals surface area contributed by atoms with Crippen LogP contribution in [-0.2, 0) is 0 Å². The van der Waals surface area contributed by atoms with Crippen LogP contribution in [0.3, 0.4) is 0 Å². The number of fused-ring (bicyclic) bond motifs is 1. The van der Waals surface area contributed by atoms with E-state index in [0.717, 1.165) is 25.7 Å². The maximum atomic E-state index is 11.2. The molecule has 0 radical (unpaired) electrons. The van der Waals surface area contributed by atoms with Gasteiger partial charge >= 0.3 is 0 Å². The van der Waals surface area contributed by atoms with E-state index < -0.39 is 0 Å². The Kier molecular flexibility index (Phi) is 7.41. The molecule has 0 aliphatic heterocycles. The third-order valence-electron chi connectivity index (χ3n) is 7.34. The van der Waals surface area contributed by atoms with Crippen LogP contribution < -0.4 is 0 Å². The quantitative estimate of drug-likeness (QED) is 0.690. The van der Waals surface area contributed by atoms with Crippen LogP contribution in [0.1, 0.15) is 85.5 Å². The first-order valence-corrected chi connectivity index (χ1v) is 10.4. The number of hydrogen-bond donors (Lipinski definition) is 2. The maximum Gasteiger partial charge on any atom is 0.0626 e. The number of aliphatic hydroxyl groups is 2. The molecule has 2 heteroatoms. The molecule has 0 saturated heterocycles. The highest BCUT2D eigenvalue weighted by molar-refractivity contribution is 5.00. The van der Waals surface area contributed by atoms with Crippen molar-refractivity contribution < 1.29 is 10.2 Å². The van der Waals surface area contributed by atoms with Gasteiger partial charge in [-0.1, -0.05) is 66.2 Å². The molecule has 2 aliphatic carbocycles. The topological polar surface area (TPSA) is 40.5 Å². The molecule has 2 aliphatic rings. The predicted octanol–water partition coefficient (Wildman–Crippen LogP) is 5.02. The largest absolute Gasteiger partial charge is 0.392 e. The lowest BCUT2D eigenvalue weighted by atomic mass is 9.75. The van der Waals surface area contributed by atoms with Gasteiger partial charge in [-0.05, 0) is 48.9 Å². The van der Waals surface area contributed by atoms with E-state index in [-0.39, 0.29) is 18.1 Å². The van der Waals surface area contributed by atoms with Gasteiger partial charge in [0, 0.05) is 5.92 Å². The summed E-state index contributed by atoms with van der Waals surface area (Å²) in [6.07, 6.45) is 10.1. The Balaban J connectivity index is 2.16. The molecule has 7 atom stereocenters. The molecule has 0 aromatic heterocycles. The van der Waals surface area contributed by atoms with Crippen molar-refractivity contribution in [1.29, 1.82) is 0 Å². The minimum absolute atomic E-state index is 0.138. The summed E-state index contributed by atoms with van der Waals surface area (Å²) in [5.41, 5.74) is 0. The van der Waals surface area contributed by atoms with Crippen molar-refractivity contribution in [2.75, 3.05) is 0 Å². The Bertz CT molecular complexity index is 339. The van der Waals surface area contributed by atoms with Gasteiger partial charge in [0.2, 0.25) is 0 Å². The van der Waals surface area contributed by atoms with Gasteiger partial charge in [-0.3, -0.25) is 0 Å². The molecular weight excluding hydrogens is 284 g/mol. The van der Waals surface area contributed by atoms with E-state index in [1.165, 1.54) is 32.1 Å². The van der Waals surface area contributed by atoms with Gasteiger partial charge in [-0.15, -0.1) is 0 Å². The molecule has 2 fully saturated rings. The van der Waals surface area contributed by atoms with E-state index in [9.17, 15) is 10.2 Å². The first-order valence-electron chi connectivity index (χ1n) is 10.4. The highest BCUT2D eigenvalue weighted by atomic mass is 16.3. The smallest absolute Gasteiger partial charge is 0.0626 e. The summed E-state index contributed by atoms with van der Waals surface area (Å²) in [4.78, 5) is 0. The number of hydrogen-bond acceptors (Lipinski definition) is 2. The lowest BCUT2D eigenvalue weighted by Crippen LogP contribution is -2.40. The third-order valence-corrected chi connectivity index (χ3v) is 7.34. The van der Waals surface area contributed by atoms with Crippen LogP contribution in [0.2, 0.25) is 0 Å². The van der Waals surface area contributed by atoms with Gasteiger partial charge in [0.25, 0.3) is 0 Å². The van der Waals surface area contributed by atoms with Crippen molar-refractivity contribution in [3.05, 3.63) is 0 Å². The number of aliphatic hydroxyl groups excluding tert-OH is 2. The maximum absolute atomic E-state index is 11.2. The molecule has 0 spiro atoms. The van der Waals surface area contributed by atoms with Crippen LogP contribution in [-0.4, -0.2) is 22.4 Å². The van der Waals surface area contributed by atoms with Gasteiger partial charge < -0.3 is 10.2 Å². The fraction of sp³-hybridized carbons (Fsp3) is 1.00. The highest BCUT2D eigenvalue weighted by Gasteiger charge is 2.50. The van der Waals surface area contributed by atoms with Gasteiger partial charge in [0.05, 0.1) is 12.2 Å². The SMILES string of the molecule is CCCC(CC)[C@H]1CCCC2C[C@@H](C(CC)CC)C(O)C2C1O.